The highest BCUT2D eigenvalue weighted by Gasteiger charge is 2.12. The highest BCUT2D eigenvalue weighted by Crippen LogP contribution is 2.15. The van der Waals surface area contributed by atoms with Crippen LogP contribution < -0.4 is 21.3 Å². The largest absolute Gasteiger partial charge is 0.376 e. The predicted molar refractivity (Wildman–Crippen MR) is 135 cm³/mol. The molecule has 0 aliphatic rings. The lowest BCUT2D eigenvalue weighted by Crippen LogP contribution is -2.30. The van der Waals surface area contributed by atoms with Gasteiger partial charge in [-0.25, -0.2) is 0 Å². The first-order valence-corrected chi connectivity index (χ1v) is 11.2. The summed E-state index contributed by atoms with van der Waals surface area (Å²) in [5.74, 6) is -0.538. The quantitative estimate of drug-likeness (QED) is 0.383. The van der Waals surface area contributed by atoms with Crippen molar-refractivity contribution in [3.05, 3.63) is 95.6 Å². The molecule has 0 fully saturated rings. The zero-order valence-electron chi connectivity index (χ0n) is 19.6. The minimum absolute atomic E-state index is 0.0639. The third-order valence-electron chi connectivity index (χ3n) is 5.10. The summed E-state index contributed by atoms with van der Waals surface area (Å²) in [6.45, 7) is 5.81. The third-order valence-corrected chi connectivity index (χ3v) is 5.10. The summed E-state index contributed by atoms with van der Waals surface area (Å²) in [6, 6.07) is 23.4. The first kappa shape index (κ1) is 24.5. The van der Waals surface area contributed by atoms with Crippen molar-refractivity contribution in [2.75, 3.05) is 17.2 Å². The first-order valence-electron chi connectivity index (χ1n) is 11.2. The number of carbonyl (C=O) groups excluding carboxylic acids is 3. The Balaban J connectivity index is 1.47. The molecule has 0 heterocycles. The average Bonchev–Trinajstić information content (AvgIpc) is 2.83. The zero-order chi connectivity index (χ0) is 24.5. The molecule has 4 N–H and O–H groups in total. The average molecular weight is 459 g/mol. The molecule has 0 saturated carbocycles. The Hall–Kier alpha value is -4.13. The Morgan fingerprint density at radius 3 is 1.76 bits per heavy atom. The molecule has 3 aromatic carbocycles. The number of anilines is 2. The van der Waals surface area contributed by atoms with Crippen molar-refractivity contribution in [2.45, 2.75) is 32.9 Å². The molecule has 0 aliphatic carbocycles. The molecule has 0 spiro atoms. The lowest BCUT2D eigenvalue weighted by molar-refractivity contribution is -0.114. The van der Waals surface area contributed by atoms with E-state index in [4.69, 9.17) is 0 Å². The Labute approximate surface area is 200 Å². The standard InChI is InChI=1S/C27H30N4O3/c1-18(2)29-26(33)21-9-13-23(14-10-21)28-17-25(32)31-24-15-11-22(12-16-24)27(34)30-19(3)20-7-5-4-6-8-20/h4-16,18-19,28H,17H2,1-3H3,(H,29,33)(H,30,34)(H,31,32). The molecule has 0 aliphatic heterocycles. The fraction of sp³-hybridized carbons (Fsp3) is 0.222. The molecule has 3 aromatic rings. The molecular weight excluding hydrogens is 428 g/mol. The van der Waals surface area contributed by atoms with Crippen LogP contribution in [-0.2, 0) is 4.79 Å². The van der Waals surface area contributed by atoms with Gasteiger partial charge in [0.05, 0.1) is 12.6 Å². The summed E-state index contributed by atoms with van der Waals surface area (Å²) in [4.78, 5) is 36.8. The van der Waals surface area contributed by atoms with E-state index >= 15 is 0 Å². The molecule has 7 nitrogen and oxygen atoms in total. The summed E-state index contributed by atoms with van der Waals surface area (Å²) in [7, 11) is 0. The number of amides is 3. The van der Waals surface area contributed by atoms with E-state index in [1.54, 1.807) is 48.5 Å². The number of carbonyl (C=O) groups is 3. The number of nitrogens with one attached hydrogen (secondary N) is 4. The zero-order valence-corrected chi connectivity index (χ0v) is 19.6. The molecule has 1 atom stereocenters. The monoisotopic (exact) mass is 458 g/mol. The van der Waals surface area contributed by atoms with E-state index in [9.17, 15) is 14.4 Å². The Morgan fingerprint density at radius 2 is 1.21 bits per heavy atom. The predicted octanol–water partition coefficient (Wildman–Crippen LogP) is 4.37. The number of benzene rings is 3. The molecule has 1 unspecified atom stereocenters. The Morgan fingerprint density at radius 1 is 0.676 bits per heavy atom. The maximum atomic E-state index is 12.5. The van der Waals surface area contributed by atoms with Gasteiger partial charge in [0.15, 0.2) is 0 Å². The van der Waals surface area contributed by atoms with Crippen LogP contribution in [0.15, 0.2) is 78.9 Å². The Kier molecular flexibility index (Phi) is 8.40. The maximum absolute atomic E-state index is 12.5. The van der Waals surface area contributed by atoms with Crippen LogP contribution in [0.1, 0.15) is 53.1 Å². The van der Waals surface area contributed by atoms with E-state index in [1.807, 2.05) is 51.1 Å². The fourth-order valence-electron chi connectivity index (χ4n) is 3.28. The number of rotatable bonds is 9. The molecule has 0 bridgehead atoms. The minimum Gasteiger partial charge on any atom is -0.376 e. The molecular formula is C27H30N4O3. The van der Waals surface area contributed by atoms with Crippen LogP contribution in [0.4, 0.5) is 11.4 Å². The van der Waals surface area contributed by atoms with Gasteiger partial charge in [-0.2, -0.15) is 0 Å². The van der Waals surface area contributed by atoms with Crippen LogP contribution in [-0.4, -0.2) is 30.3 Å². The molecule has 7 heteroatoms. The van der Waals surface area contributed by atoms with Crippen molar-refractivity contribution < 1.29 is 14.4 Å². The SMILES string of the molecule is CC(C)NC(=O)c1ccc(NCC(=O)Nc2ccc(C(=O)NC(C)c3ccccc3)cc2)cc1. The van der Waals surface area contributed by atoms with Gasteiger partial charge in [-0.3, -0.25) is 14.4 Å². The van der Waals surface area contributed by atoms with Crippen molar-refractivity contribution in [3.8, 4) is 0 Å². The van der Waals surface area contributed by atoms with E-state index < -0.39 is 0 Å². The van der Waals surface area contributed by atoms with Crippen LogP contribution in [0.3, 0.4) is 0 Å². The van der Waals surface area contributed by atoms with Gasteiger partial charge in [0.1, 0.15) is 0 Å². The first-order chi connectivity index (χ1) is 16.3. The molecule has 0 saturated heterocycles. The van der Waals surface area contributed by atoms with Crippen LogP contribution >= 0.6 is 0 Å². The van der Waals surface area contributed by atoms with E-state index in [1.165, 1.54) is 0 Å². The van der Waals surface area contributed by atoms with Crippen molar-refractivity contribution in [1.82, 2.24) is 10.6 Å². The Bertz CT molecular complexity index is 1110. The van der Waals surface area contributed by atoms with Crippen LogP contribution in [0.25, 0.3) is 0 Å². The van der Waals surface area contributed by atoms with Crippen LogP contribution in [0.2, 0.25) is 0 Å². The van der Waals surface area contributed by atoms with Gasteiger partial charge in [-0.1, -0.05) is 30.3 Å². The topological polar surface area (TPSA) is 99.3 Å². The number of hydrogen-bond acceptors (Lipinski definition) is 4. The molecule has 0 radical (unpaired) electrons. The van der Waals surface area contributed by atoms with Gasteiger partial charge < -0.3 is 21.3 Å². The minimum atomic E-state index is -0.225. The van der Waals surface area contributed by atoms with E-state index in [0.717, 1.165) is 11.3 Å². The highest BCUT2D eigenvalue weighted by atomic mass is 16.2. The van der Waals surface area contributed by atoms with Crippen molar-refractivity contribution in [2.24, 2.45) is 0 Å². The summed E-state index contributed by atoms with van der Waals surface area (Å²) < 4.78 is 0. The van der Waals surface area contributed by atoms with Gasteiger partial charge >= 0.3 is 0 Å². The van der Waals surface area contributed by atoms with Crippen LogP contribution in [0.5, 0.6) is 0 Å². The van der Waals surface area contributed by atoms with Crippen molar-refractivity contribution in [1.29, 1.82) is 0 Å². The van der Waals surface area contributed by atoms with E-state index in [2.05, 4.69) is 21.3 Å². The summed E-state index contributed by atoms with van der Waals surface area (Å²) in [5, 5.41) is 11.6. The van der Waals surface area contributed by atoms with Gasteiger partial charge in [0, 0.05) is 28.5 Å². The van der Waals surface area contributed by atoms with Gasteiger partial charge in [0.25, 0.3) is 11.8 Å². The highest BCUT2D eigenvalue weighted by molar-refractivity contribution is 5.97. The molecule has 0 aromatic heterocycles. The fourth-order valence-corrected chi connectivity index (χ4v) is 3.28. The van der Waals surface area contributed by atoms with Crippen molar-refractivity contribution in [3.63, 3.8) is 0 Å². The van der Waals surface area contributed by atoms with Gasteiger partial charge in [-0.15, -0.1) is 0 Å². The van der Waals surface area contributed by atoms with Gasteiger partial charge in [-0.05, 0) is 74.9 Å². The summed E-state index contributed by atoms with van der Waals surface area (Å²) in [6.07, 6.45) is 0. The molecule has 34 heavy (non-hydrogen) atoms. The lowest BCUT2D eigenvalue weighted by atomic mass is 10.1. The summed E-state index contributed by atoms with van der Waals surface area (Å²) in [5.41, 5.74) is 3.43. The molecule has 176 valence electrons. The smallest absolute Gasteiger partial charge is 0.251 e. The lowest BCUT2D eigenvalue weighted by Gasteiger charge is -2.14. The normalized spacial score (nSPS) is 11.4. The second kappa shape index (κ2) is 11.7. The third kappa shape index (κ3) is 7.20. The second-order valence-corrected chi connectivity index (χ2v) is 8.29. The maximum Gasteiger partial charge on any atom is 0.251 e. The second-order valence-electron chi connectivity index (χ2n) is 8.29. The molecule has 3 amide bonds. The molecule has 3 rings (SSSR count). The van der Waals surface area contributed by atoms with Gasteiger partial charge in [0.2, 0.25) is 5.91 Å². The summed E-state index contributed by atoms with van der Waals surface area (Å²) >= 11 is 0. The van der Waals surface area contributed by atoms with E-state index in [0.29, 0.717) is 16.8 Å². The van der Waals surface area contributed by atoms with E-state index in [-0.39, 0.29) is 36.3 Å². The number of hydrogen-bond donors (Lipinski definition) is 4. The van der Waals surface area contributed by atoms with Crippen molar-refractivity contribution >= 4 is 29.1 Å². The van der Waals surface area contributed by atoms with Crippen LogP contribution in [0, 0.1) is 0 Å².